The van der Waals surface area contributed by atoms with Crippen molar-refractivity contribution in [2.24, 2.45) is 0 Å². The fourth-order valence-corrected chi connectivity index (χ4v) is 3.17. The zero-order valence-corrected chi connectivity index (χ0v) is 17.6. The number of nitrogens with zero attached hydrogens (tertiary/aromatic N) is 1. The third-order valence-electron chi connectivity index (χ3n) is 4.83. The summed E-state index contributed by atoms with van der Waals surface area (Å²) in [5.74, 6) is -0.315. The first-order valence-electron chi connectivity index (χ1n) is 10.6. The van der Waals surface area contributed by atoms with E-state index in [4.69, 9.17) is 0 Å². The molecule has 0 aliphatic heterocycles. The second kappa shape index (κ2) is 12.7. The van der Waals surface area contributed by atoms with Gasteiger partial charge in [0.1, 0.15) is 0 Å². The Morgan fingerprint density at radius 3 is 1.76 bits per heavy atom. The molecule has 0 aromatic heterocycles. The van der Waals surface area contributed by atoms with Gasteiger partial charge in [-0.25, -0.2) is 4.79 Å². The molecule has 0 radical (unpaired) electrons. The van der Waals surface area contributed by atoms with Gasteiger partial charge in [-0.2, -0.15) is 0 Å². The number of benzene rings is 2. The Labute approximate surface area is 174 Å². The number of hydrogen-bond acceptors (Lipinski definition) is 3. The molecule has 2 aromatic carbocycles. The summed E-state index contributed by atoms with van der Waals surface area (Å²) in [4.78, 5) is 26.7. The lowest BCUT2D eigenvalue weighted by atomic mass is 9.99. The first kappa shape index (κ1) is 22.6. The van der Waals surface area contributed by atoms with Gasteiger partial charge in [-0.1, -0.05) is 87.4 Å². The fraction of sp³-hybridized carbons (Fsp3) is 0.417. The van der Waals surface area contributed by atoms with Crippen molar-refractivity contribution in [3.63, 3.8) is 0 Å². The summed E-state index contributed by atoms with van der Waals surface area (Å²) >= 11 is 0. The molecule has 0 atom stereocenters. The molecule has 0 saturated heterocycles. The van der Waals surface area contributed by atoms with Gasteiger partial charge in [0.25, 0.3) is 0 Å². The van der Waals surface area contributed by atoms with Crippen LogP contribution in [0.4, 0.5) is 4.79 Å². The summed E-state index contributed by atoms with van der Waals surface area (Å²) in [5, 5.41) is 5.84. The van der Waals surface area contributed by atoms with Crippen LogP contribution < -0.4 is 10.6 Å². The number of nitrogens with one attached hydrogen (secondary N) is 2. The van der Waals surface area contributed by atoms with Crippen LogP contribution in [-0.2, 0) is 4.79 Å². The van der Waals surface area contributed by atoms with Crippen LogP contribution in [0.5, 0.6) is 0 Å². The molecule has 0 saturated carbocycles. The largest absolute Gasteiger partial charge is 0.324 e. The van der Waals surface area contributed by atoms with Gasteiger partial charge in [-0.05, 0) is 24.0 Å². The Morgan fingerprint density at radius 1 is 0.828 bits per heavy atom. The number of hydrogen-bond donors (Lipinski definition) is 2. The Kier molecular flexibility index (Phi) is 9.93. The van der Waals surface area contributed by atoms with Crippen molar-refractivity contribution in [3.8, 4) is 0 Å². The van der Waals surface area contributed by atoms with E-state index in [0.717, 1.165) is 36.8 Å². The number of rotatable bonds is 11. The zero-order chi connectivity index (χ0) is 20.9. The van der Waals surface area contributed by atoms with Gasteiger partial charge in [0.2, 0.25) is 5.91 Å². The Bertz CT molecular complexity index is 687. The second-order valence-corrected chi connectivity index (χ2v) is 7.18. The Morgan fingerprint density at radius 2 is 1.31 bits per heavy atom. The maximum Gasteiger partial charge on any atom is 0.324 e. The van der Waals surface area contributed by atoms with Crippen LogP contribution in [0.25, 0.3) is 0 Å². The van der Waals surface area contributed by atoms with E-state index in [0.29, 0.717) is 13.1 Å². The number of unbranched alkanes of at least 4 members (excludes halogenated alkanes) is 2. The molecule has 0 fully saturated rings. The van der Waals surface area contributed by atoms with Crippen molar-refractivity contribution < 1.29 is 9.59 Å². The third-order valence-corrected chi connectivity index (χ3v) is 4.83. The van der Waals surface area contributed by atoms with Crippen LogP contribution in [0.15, 0.2) is 60.7 Å². The number of urea groups is 1. The molecule has 0 unspecified atom stereocenters. The summed E-state index contributed by atoms with van der Waals surface area (Å²) in [6.07, 6.45) is 3.91. The van der Waals surface area contributed by atoms with Crippen LogP contribution in [0, 0.1) is 0 Å². The molecule has 0 aliphatic rings. The molecular weight excluding hydrogens is 362 g/mol. The Balaban J connectivity index is 1.97. The molecule has 2 aromatic rings. The first-order chi connectivity index (χ1) is 14.2. The highest BCUT2D eigenvalue weighted by Gasteiger charge is 2.18. The third kappa shape index (κ3) is 7.70. The number of carbonyl (C=O) groups excluding carboxylic acids is 2. The van der Waals surface area contributed by atoms with E-state index in [1.807, 2.05) is 60.7 Å². The zero-order valence-electron chi connectivity index (χ0n) is 17.6. The maximum absolute atomic E-state index is 12.5. The van der Waals surface area contributed by atoms with Gasteiger partial charge in [-0.15, -0.1) is 0 Å². The summed E-state index contributed by atoms with van der Waals surface area (Å²) < 4.78 is 0. The predicted octanol–water partition coefficient (Wildman–Crippen LogP) is 4.50. The SMILES string of the molecule is CCCCN(CCCC)C(=O)NC(=O)CNC(c1ccccc1)c1ccccc1. The topological polar surface area (TPSA) is 61.4 Å². The van der Waals surface area contributed by atoms with E-state index < -0.39 is 0 Å². The van der Waals surface area contributed by atoms with Crippen molar-refractivity contribution in [1.82, 2.24) is 15.5 Å². The first-order valence-corrected chi connectivity index (χ1v) is 10.6. The van der Waals surface area contributed by atoms with Crippen LogP contribution in [0.3, 0.4) is 0 Å². The van der Waals surface area contributed by atoms with Gasteiger partial charge in [-0.3, -0.25) is 15.4 Å². The van der Waals surface area contributed by atoms with E-state index >= 15 is 0 Å². The lowest BCUT2D eigenvalue weighted by Crippen LogP contribution is -2.46. The number of carbonyl (C=O) groups is 2. The molecule has 5 nitrogen and oxygen atoms in total. The summed E-state index contributed by atoms with van der Waals surface area (Å²) in [6.45, 7) is 5.62. The number of amides is 3. The van der Waals surface area contributed by atoms with E-state index in [9.17, 15) is 9.59 Å². The van der Waals surface area contributed by atoms with Crippen molar-refractivity contribution in [2.45, 2.75) is 45.6 Å². The van der Waals surface area contributed by atoms with Gasteiger partial charge < -0.3 is 4.90 Å². The van der Waals surface area contributed by atoms with Crippen molar-refractivity contribution >= 4 is 11.9 Å². The van der Waals surface area contributed by atoms with Gasteiger partial charge in [0.05, 0.1) is 12.6 Å². The second-order valence-electron chi connectivity index (χ2n) is 7.18. The van der Waals surface area contributed by atoms with Crippen LogP contribution in [-0.4, -0.2) is 36.5 Å². The molecule has 3 amide bonds. The maximum atomic E-state index is 12.5. The molecule has 29 heavy (non-hydrogen) atoms. The summed E-state index contributed by atoms with van der Waals surface area (Å²) in [6, 6.07) is 19.6. The highest BCUT2D eigenvalue weighted by molar-refractivity contribution is 5.95. The van der Waals surface area contributed by atoms with Crippen molar-refractivity contribution in [1.29, 1.82) is 0 Å². The van der Waals surface area contributed by atoms with Gasteiger partial charge >= 0.3 is 6.03 Å². The smallest absolute Gasteiger partial charge is 0.324 e. The summed E-state index contributed by atoms with van der Waals surface area (Å²) in [5.41, 5.74) is 2.15. The molecule has 2 N–H and O–H groups in total. The van der Waals surface area contributed by atoms with E-state index in [1.165, 1.54) is 0 Å². The van der Waals surface area contributed by atoms with E-state index in [1.54, 1.807) is 4.90 Å². The molecule has 5 heteroatoms. The molecule has 2 rings (SSSR count). The molecule has 0 heterocycles. The summed E-state index contributed by atoms with van der Waals surface area (Å²) in [7, 11) is 0. The lowest BCUT2D eigenvalue weighted by Gasteiger charge is -2.23. The molecular formula is C24H33N3O2. The van der Waals surface area contributed by atoms with Gasteiger partial charge in [0, 0.05) is 13.1 Å². The van der Waals surface area contributed by atoms with E-state index in [2.05, 4.69) is 24.5 Å². The average molecular weight is 396 g/mol. The highest BCUT2D eigenvalue weighted by atomic mass is 16.2. The standard InChI is InChI=1S/C24H33N3O2/c1-3-5-17-27(18-6-4-2)24(29)26-22(28)19-25-23(20-13-9-7-10-14-20)21-15-11-8-12-16-21/h7-16,23,25H,3-6,17-19H2,1-2H3,(H,26,28,29). The molecule has 156 valence electrons. The molecule has 0 aliphatic carbocycles. The minimum Gasteiger partial charge on any atom is -0.324 e. The average Bonchev–Trinajstić information content (AvgIpc) is 2.75. The minimum absolute atomic E-state index is 0.0651. The molecule has 0 bridgehead atoms. The minimum atomic E-state index is -0.315. The van der Waals surface area contributed by atoms with Crippen molar-refractivity contribution in [2.75, 3.05) is 19.6 Å². The number of imide groups is 1. The quantitative estimate of drug-likeness (QED) is 0.589. The van der Waals surface area contributed by atoms with Crippen molar-refractivity contribution in [3.05, 3.63) is 71.8 Å². The fourth-order valence-electron chi connectivity index (χ4n) is 3.17. The van der Waals surface area contributed by atoms with Gasteiger partial charge in [0.15, 0.2) is 0 Å². The monoisotopic (exact) mass is 395 g/mol. The van der Waals surface area contributed by atoms with Crippen LogP contribution >= 0.6 is 0 Å². The Hall–Kier alpha value is -2.66. The van der Waals surface area contributed by atoms with E-state index in [-0.39, 0.29) is 24.5 Å². The van der Waals surface area contributed by atoms with Crippen LogP contribution in [0.1, 0.15) is 56.7 Å². The highest BCUT2D eigenvalue weighted by Crippen LogP contribution is 2.21. The molecule has 0 spiro atoms. The lowest BCUT2D eigenvalue weighted by molar-refractivity contribution is -0.119. The predicted molar refractivity (Wildman–Crippen MR) is 118 cm³/mol. The van der Waals surface area contributed by atoms with Crippen LogP contribution in [0.2, 0.25) is 0 Å². The normalized spacial score (nSPS) is 10.7.